The molecular weight excluding hydrogens is 1150 g/mol. The molecule has 446 valence electrons. The van der Waals surface area contributed by atoms with Gasteiger partial charge in [0.25, 0.3) is 0 Å². The van der Waals surface area contributed by atoms with Crippen LogP contribution >= 0.6 is 15.9 Å². The van der Waals surface area contributed by atoms with Crippen LogP contribution in [-0.2, 0) is 36.8 Å². The number of primary amides is 1. The first kappa shape index (κ1) is 62.0. The number of rotatable bonds is 19. The van der Waals surface area contributed by atoms with Crippen molar-refractivity contribution in [3.05, 3.63) is 136 Å². The maximum absolute atomic E-state index is 14.1. The number of carbonyl (C=O) groups is 6. The molecule has 0 aliphatic heterocycles. The van der Waals surface area contributed by atoms with Crippen molar-refractivity contribution in [2.24, 2.45) is 29.4 Å². The minimum Gasteiger partial charge on any atom is -0.465 e. The molecule has 2 saturated carbocycles. The molecule has 6 amide bonds. The molecule has 0 unspecified atom stereocenters. The molecule has 2 heterocycles. The third-order valence-electron chi connectivity index (χ3n) is 15.2. The summed E-state index contributed by atoms with van der Waals surface area (Å²) < 4.78 is 6.21. The van der Waals surface area contributed by atoms with Crippen molar-refractivity contribution in [3.63, 3.8) is 0 Å². The summed E-state index contributed by atoms with van der Waals surface area (Å²) in [4.78, 5) is 78.6. The largest absolute Gasteiger partial charge is 0.465 e. The van der Waals surface area contributed by atoms with E-state index in [0.29, 0.717) is 73.9 Å². The molecule has 85 heavy (non-hydrogen) atoms. The van der Waals surface area contributed by atoms with Crippen LogP contribution in [0.5, 0.6) is 0 Å². The number of amides is 6. The van der Waals surface area contributed by atoms with E-state index in [9.17, 15) is 28.8 Å². The predicted octanol–water partition coefficient (Wildman–Crippen LogP) is 8.55. The number of nitrogens with two attached hydrogens (primary N) is 2. The van der Waals surface area contributed by atoms with Gasteiger partial charge >= 0.3 is 12.2 Å². The molecule has 2 aromatic heterocycles. The summed E-state index contributed by atoms with van der Waals surface area (Å²) in [6.45, 7) is 8.35. The molecule has 11 N–H and O–H groups in total. The number of halogens is 1. The van der Waals surface area contributed by atoms with E-state index >= 15 is 0 Å². The zero-order valence-corrected chi connectivity index (χ0v) is 49.5. The number of carboxylic acid groups (broad SMARTS) is 1. The van der Waals surface area contributed by atoms with Crippen LogP contribution in [0.2, 0.25) is 0 Å². The van der Waals surface area contributed by atoms with Crippen LogP contribution in [-0.4, -0.2) is 113 Å². The average molecular weight is 1220 g/mol. The highest BCUT2D eigenvalue weighted by molar-refractivity contribution is 9.10. The molecule has 2 aliphatic rings. The molecule has 24 heteroatoms. The Morgan fingerprint density at radius 3 is 1.84 bits per heavy atom. The van der Waals surface area contributed by atoms with E-state index in [1.165, 1.54) is 0 Å². The fraction of sp³-hybridized carbons (Fsp3) is 0.377. The SMILES string of the molecule is CC(C)(C)OC(=O)NC[C@H]1CC[C@H](C(=O)N(c2ccc(-c3nnn[nH]3)cc2)[C@@H](Cc2cccc(Br)c2)C(N)=O)CC1.Cc1cc(N)ccc1-c1cccc(C[C@H](NC(=O)[C@H]2CC[C@H](CNC(=O)O)CC2)C(=O)Nc2ccc(-c3nnn[nH]3)cc2)c1. The molecule has 7 aromatic rings. The smallest absolute Gasteiger partial charge is 0.407 e. The molecule has 0 spiro atoms. The van der Waals surface area contributed by atoms with E-state index in [2.05, 4.69) is 78.4 Å². The summed E-state index contributed by atoms with van der Waals surface area (Å²) in [6, 6.07) is 33.9. The second-order valence-electron chi connectivity index (χ2n) is 22.6. The Bertz CT molecular complexity index is 3380. The Hall–Kier alpha value is -9.06. The first-order chi connectivity index (χ1) is 40.7. The van der Waals surface area contributed by atoms with Crippen molar-refractivity contribution >= 4 is 68.8 Å². The first-order valence-corrected chi connectivity index (χ1v) is 29.1. The van der Waals surface area contributed by atoms with Crippen molar-refractivity contribution in [3.8, 4) is 33.9 Å². The number of aromatic amines is 2. The van der Waals surface area contributed by atoms with E-state index in [1.807, 2.05) is 94.4 Å². The van der Waals surface area contributed by atoms with Gasteiger partial charge in [0.05, 0.1) is 0 Å². The Kier molecular flexibility index (Phi) is 21.1. The summed E-state index contributed by atoms with van der Waals surface area (Å²) in [5, 5.41) is 47.8. The number of hydrogen-bond acceptors (Lipinski definition) is 14. The second kappa shape index (κ2) is 29.0. The Morgan fingerprint density at radius 1 is 0.706 bits per heavy atom. The monoisotopic (exact) mass is 1220 g/mol. The van der Waals surface area contributed by atoms with Gasteiger partial charge in [-0.25, -0.2) is 19.8 Å². The number of H-pyrrole nitrogens is 2. The van der Waals surface area contributed by atoms with E-state index < -0.39 is 35.8 Å². The van der Waals surface area contributed by atoms with Crippen LogP contribution in [0.25, 0.3) is 33.9 Å². The molecule has 0 saturated heterocycles. The number of nitrogens with zero attached hydrogens (tertiary/aromatic N) is 7. The maximum Gasteiger partial charge on any atom is 0.407 e. The molecule has 0 radical (unpaired) electrons. The zero-order valence-electron chi connectivity index (χ0n) is 47.9. The van der Waals surface area contributed by atoms with Crippen LogP contribution < -0.4 is 37.6 Å². The number of nitrogens with one attached hydrogen (secondary N) is 6. The topological polar surface area (TPSA) is 344 Å². The lowest BCUT2D eigenvalue weighted by Gasteiger charge is -2.36. The van der Waals surface area contributed by atoms with E-state index in [4.69, 9.17) is 21.3 Å². The quantitative estimate of drug-likeness (QED) is 0.0342. The highest BCUT2D eigenvalue weighted by Crippen LogP contribution is 2.34. The number of ether oxygens (including phenoxy) is 1. The predicted molar refractivity (Wildman–Crippen MR) is 324 cm³/mol. The normalized spacial score (nSPS) is 17.4. The van der Waals surface area contributed by atoms with Crippen molar-refractivity contribution in [1.29, 1.82) is 0 Å². The highest BCUT2D eigenvalue weighted by Gasteiger charge is 2.37. The number of carbonyl (C=O) groups excluding carboxylic acids is 5. The minimum absolute atomic E-state index is 0.142. The van der Waals surface area contributed by atoms with E-state index in [-0.39, 0.29) is 47.8 Å². The Morgan fingerprint density at radius 2 is 1.28 bits per heavy atom. The number of tetrazole rings is 2. The summed E-state index contributed by atoms with van der Waals surface area (Å²) in [5.41, 5.74) is 19.5. The lowest BCUT2D eigenvalue weighted by atomic mass is 9.81. The zero-order chi connectivity index (χ0) is 60.6. The van der Waals surface area contributed by atoms with Crippen molar-refractivity contribution in [2.45, 2.75) is 110 Å². The molecule has 5 aromatic carbocycles. The number of aromatic nitrogens is 8. The highest BCUT2D eigenvalue weighted by atomic mass is 79.9. The van der Waals surface area contributed by atoms with Crippen LogP contribution in [0.1, 0.15) is 88.8 Å². The molecule has 9 rings (SSSR count). The summed E-state index contributed by atoms with van der Waals surface area (Å²) >= 11 is 3.48. The first-order valence-electron chi connectivity index (χ1n) is 28.3. The van der Waals surface area contributed by atoms with Gasteiger partial charge in [-0.05, 0) is 212 Å². The van der Waals surface area contributed by atoms with Gasteiger partial charge in [0.2, 0.25) is 23.6 Å². The van der Waals surface area contributed by atoms with Gasteiger partial charge in [-0.1, -0.05) is 58.4 Å². The van der Waals surface area contributed by atoms with Gasteiger partial charge < -0.3 is 42.6 Å². The van der Waals surface area contributed by atoms with Gasteiger partial charge in [0.1, 0.15) is 17.7 Å². The van der Waals surface area contributed by atoms with Crippen molar-refractivity contribution < 1.29 is 38.6 Å². The standard InChI is InChI=1S/C32H36N8O4.C29H36BrN7O4/c1-19-15-25(33)11-14-27(19)24-4-2-3-21(16-24)17-28(36-30(41)23-7-5-20(6-8-23)18-34-32(43)44)31(42)35-26-12-9-22(10-13-26)29-37-39-40-38-29;1-29(2,3)41-28(40)32-17-18-7-9-21(10-8-18)27(39)37(23-13-11-20(12-14-23)26-33-35-36-34-26)24(25(31)38)16-19-5-4-6-22(30)15-19/h2-4,9-16,20,23,28,34H,5-8,17-18,33H2,1H3,(H,35,42)(H,36,41)(H,43,44)(H,37,38,39,40);4-6,11-15,18,21,24H,7-10,16-17H2,1-3H3,(H2,31,38)(H,32,40)(H,33,34,35,36)/t20-,23-,28-;18-,21-,24-/m00/s1. The van der Waals surface area contributed by atoms with Crippen molar-refractivity contribution in [2.75, 3.05) is 29.0 Å². The lowest BCUT2D eigenvalue weighted by molar-refractivity contribution is -0.130. The lowest BCUT2D eigenvalue weighted by Crippen LogP contribution is -2.52. The molecule has 2 fully saturated rings. The van der Waals surface area contributed by atoms with E-state index in [0.717, 1.165) is 69.1 Å². The molecule has 0 bridgehead atoms. The van der Waals surface area contributed by atoms with Gasteiger partial charge in [0, 0.05) is 70.4 Å². The summed E-state index contributed by atoms with van der Waals surface area (Å²) in [6.07, 6.45) is 4.64. The van der Waals surface area contributed by atoms with Gasteiger partial charge in [-0.15, -0.1) is 10.2 Å². The molecule has 2 aliphatic carbocycles. The fourth-order valence-corrected chi connectivity index (χ4v) is 11.2. The summed E-state index contributed by atoms with van der Waals surface area (Å²) in [5.74, 6) is -0.318. The molecule has 2 atom stereocenters. The fourth-order valence-electron chi connectivity index (χ4n) is 10.8. The Labute approximate surface area is 500 Å². The molecular formula is C61H72BrN15O8. The number of anilines is 3. The van der Waals surface area contributed by atoms with Crippen LogP contribution in [0.4, 0.5) is 26.7 Å². The summed E-state index contributed by atoms with van der Waals surface area (Å²) in [7, 11) is 0. The average Bonchev–Trinajstić information content (AvgIpc) is 4.31. The minimum atomic E-state index is -1.04. The van der Waals surface area contributed by atoms with Crippen molar-refractivity contribution in [1.82, 2.24) is 57.2 Å². The number of alkyl carbamates (subject to hydrolysis) is 1. The number of aryl methyl sites for hydroxylation is 1. The van der Waals surface area contributed by atoms with E-state index in [1.54, 1.807) is 53.4 Å². The maximum atomic E-state index is 14.1. The number of nitrogen functional groups attached to an aromatic ring is 1. The van der Waals surface area contributed by atoms with Crippen LogP contribution in [0.15, 0.2) is 120 Å². The van der Waals surface area contributed by atoms with Gasteiger partial charge in [-0.3, -0.25) is 24.1 Å². The number of hydrogen-bond donors (Lipinski definition) is 9. The van der Waals surface area contributed by atoms with Crippen LogP contribution in [0, 0.1) is 30.6 Å². The van der Waals surface area contributed by atoms with Gasteiger partial charge in [-0.2, -0.15) is 0 Å². The Balaban J connectivity index is 0.000000222. The third-order valence-corrected chi connectivity index (χ3v) is 15.7. The third kappa shape index (κ3) is 18.0. The second-order valence-corrected chi connectivity index (χ2v) is 23.5. The number of benzene rings is 5. The van der Waals surface area contributed by atoms with Gasteiger partial charge in [0.15, 0.2) is 11.6 Å². The molecule has 23 nitrogen and oxygen atoms in total. The van der Waals surface area contributed by atoms with Crippen LogP contribution in [0.3, 0.4) is 0 Å².